The van der Waals surface area contributed by atoms with Crippen LogP contribution in [0, 0.1) is 0 Å². The number of rotatable bonds is 3. The van der Waals surface area contributed by atoms with Crippen molar-refractivity contribution in [1.29, 1.82) is 0 Å². The molecule has 0 aliphatic rings. The smallest absolute Gasteiger partial charge is 0.0577 e. The van der Waals surface area contributed by atoms with Gasteiger partial charge in [0.1, 0.15) is 0 Å². The van der Waals surface area contributed by atoms with Crippen LogP contribution in [0.25, 0.3) is 0 Å². The van der Waals surface area contributed by atoms with Crippen molar-refractivity contribution in [3.05, 3.63) is 57.5 Å². The van der Waals surface area contributed by atoms with Crippen LogP contribution in [0.1, 0.15) is 5.56 Å². The molecular weight excluding hydrogens is 300 g/mol. The molecular formula is C13H12BrClN2. The Bertz CT molecular complexity index is 529. The van der Waals surface area contributed by atoms with Crippen LogP contribution in [-0.4, -0.2) is 0 Å². The number of nitrogen functional groups attached to an aromatic ring is 1. The first-order valence-corrected chi connectivity index (χ1v) is 6.36. The van der Waals surface area contributed by atoms with Gasteiger partial charge in [0.25, 0.3) is 0 Å². The van der Waals surface area contributed by atoms with Gasteiger partial charge < -0.3 is 11.1 Å². The predicted molar refractivity (Wildman–Crippen MR) is 77.3 cm³/mol. The van der Waals surface area contributed by atoms with E-state index in [0.29, 0.717) is 17.3 Å². The highest BCUT2D eigenvalue weighted by Crippen LogP contribution is 2.24. The Labute approximate surface area is 114 Å². The van der Waals surface area contributed by atoms with Crippen LogP contribution in [-0.2, 0) is 6.54 Å². The van der Waals surface area contributed by atoms with Crippen molar-refractivity contribution in [2.75, 3.05) is 11.1 Å². The highest BCUT2D eigenvalue weighted by atomic mass is 79.9. The fourth-order valence-electron chi connectivity index (χ4n) is 1.53. The van der Waals surface area contributed by atoms with Crippen LogP contribution in [0.4, 0.5) is 11.4 Å². The molecule has 0 aromatic heterocycles. The Kier molecular flexibility index (Phi) is 3.92. The van der Waals surface area contributed by atoms with E-state index in [1.54, 1.807) is 6.07 Å². The van der Waals surface area contributed by atoms with E-state index in [4.69, 9.17) is 17.3 Å². The van der Waals surface area contributed by atoms with Crippen molar-refractivity contribution < 1.29 is 0 Å². The number of benzene rings is 2. The summed E-state index contributed by atoms with van der Waals surface area (Å²) in [6.45, 7) is 0.716. The molecule has 0 amide bonds. The number of nitrogens with one attached hydrogen (secondary N) is 1. The number of halogens is 2. The van der Waals surface area contributed by atoms with Gasteiger partial charge in [-0.2, -0.15) is 0 Å². The first kappa shape index (κ1) is 12.3. The summed E-state index contributed by atoms with van der Waals surface area (Å²) in [6, 6.07) is 13.5. The van der Waals surface area contributed by atoms with Crippen LogP contribution in [0.2, 0.25) is 5.02 Å². The van der Waals surface area contributed by atoms with Crippen LogP contribution in [0.15, 0.2) is 46.9 Å². The molecule has 88 valence electrons. The van der Waals surface area contributed by atoms with Gasteiger partial charge in [0.2, 0.25) is 0 Å². The summed E-state index contributed by atoms with van der Waals surface area (Å²) in [5.41, 5.74) is 8.60. The summed E-state index contributed by atoms with van der Waals surface area (Å²) >= 11 is 9.35. The largest absolute Gasteiger partial charge is 0.397 e. The van der Waals surface area contributed by atoms with Crippen molar-refractivity contribution in [2.45, 2.75) is 6.54 Å². The van der Waals surface area contributed by atoms with Crippen molar-refractivity contribution in [3.8, 4) is 0 Å². The maximum Gasteiger partial charge on any atom is 0.0577 e. The first-order chi connectivity index (χ1) is 8.16. The third-order valence-corrected chi connectivity index (χ3v) is 3.45. The second-order valence-corrected chi connectivity index (χ2v) is 4.97. The Morgan fingerprint density at radius 3 is 2.65 bits per heavy atom. The fraction of sp³-hybridized carbons (Fsp3) is 0.0769. The number of anilines is 2. The topological polar surface area (TPSA) is 38.0 Å². The number of hydrogen-bond donors (Lipinski definition) is 2. The van der Waals surface area contributed by atoms with Gasteiger partial charge in [-0.15, -0.1) is 0 Å². The predicted octanol–water partition coefficient (Wildman–Crippen LogP) is 4.30. The molecule has 0 atom stereocenters. The summed E-state index contributed by atoms with van der Waals surface area (Å²) in [5.74, 6) is 0. The highest BCUT2D eigenvalue weighted by Gasteiger charge is 2.01. The molecule has 0 bridgehead atoms. The first-order valence-electron chi connectivity index (χ1n) is 5.19. The second-order valence-electron chi connectivity index (χ2n) is 3.68. The Morgan fingerprint density at radius 1 is 1.18 bits per heavy atom. The van der Waals surface area contributed by atoms with E-state index in [1.165, 1.54) is 5.56 Å². The Balaban J connectivity index is 2.10. The van der Waals surface area contributed by atoms with E-state index in [2.05, 4.69) is 27.3 Å². The van der Waals surface area contributed by atoms with Crippen molar-refractivity contribution in [1.82, 2.24) is 0 Å². The molecule has 2 rings (SSSR count). The number of nitrogens with two attached hydrogens (primary N) is 1. The number of hydrogen-bond acceptors (Lipinski definition) is 2. The van der Waals surface area contributed by atoms with E-state index in [9.17, 15) is 0 Å². The maximum absolute atomic E-state index is 5.86. The van der Waals surface area contributed by atoms with E-state index >= 15 is 0 Å². The zero-order valence-electron chi connectivity index (χ0n) is 9.08. The van der Waals surface area contributed by atoms with Gasteiger partial charge in [0.05, 0.1) is 11.4 Å². The zero-order valence-corrected chi connectivity index (χ0v) is 11.4. The minimum absolute atomic E-state index is 0.647. The molecule has 0 saturated carbocycles. The molecule has 0 heterocycles. The molecule has 2 aromatic rings. The summed E-state index contributed by atoms with van der Waals surface area (Å²) in [5, 5.41) is 3.93. The minimum atomic E-state index is 0.647. The van der Waals surface area contributed by atoms with Gasteiger partial charge in [-0.25, -0.2) is 0 Å². The molecule has 4 heteroatoms. The molecule has 0 fully saturated rings. The molecule has 2 nitrogen and oxygen atoms in total. The lowest BCUT2D eigenvalue weighted by Gasteiger charge is -2.10. The fourth-order valence-corrected chi connectivity index (χ4v) is 2.13. The van der Waals surface area contributed by atoms with Crippen LogP contribution < -0.4 is 11.1 Å². The molecule has 0 aliphatic heterocycles. The Hall–Kier alpha value is -1.19. The minimum Gasteiger partial charge on any atom is -0.397 e. The summed E-state index contributed by atoms with van der Waals surface area (Å²) in [7, 11) is 0. The van der Waals surface area contributed by atoms with Crippen molar-refractivity contribution >= 4 is 38.9 Å². The highest BCUT2D eigenvalue weighted by molar-refractivity contribution is 9.10. The van der Waals surface area contributed by atoms with Crippen molar-refractivity contribution in [2.24, 2.45) is 0 Å². The SMILES string of the molecule is Nc1cc(Cl)ccc1NCc1ccccc1Br. The summed E-state index contributed by atoms with van der Waals surface area (Å²) < 4.78 is 1.08. The lowest BCUT2D eigenvalue weighted by molar-refractivity contribution is 1.14. The average Bonchev–Trinajstić information content (AvgIpc) is 2.30. The van der Waals surface area contributed by atoms with Crippen LogP contribution in [0.3, 0.4) is 0 Å². The molecule has 3 N–H and O–H groups in total. The molecule has 0 saturated heterocycles. The van der Waals surface area contributed by atoms with Crippen LogP contribution in [0.5, 0.6) is 0 Å². The standard InChI is InChI=1S/C13H12BrClN2/c14-11-4-2-1-3-9(11)8-17-13-6-5-10(15)7-12(13)16/h1-7,17H,8,16H2. The van der Waals surface area contributed by atoms with E-state index in [0.717, 1.165) is 10.2 Å². The molecule has 17 heavy (non-hydrogen) atoms. The van der Waals surface area contributed by atoms with E-state index < -0.39 is 0 Å². The third kappa shape index (κ3) is 3.14. The quantitative estimate of drug-likeness (QED) is 0.830. The molecule has 0 unspecified atom stereocenters. The maximum atomic E-state index is 5.86. The van der Waals surface area contributed by atoms with Gasteiger partial charge in [-0.1, -0.05) is 45.7 Å². The van der Waals surface area contributed by atoms with E-state index in [-0.39, 0.29) is 0 Å². The Morgan fingerprint density at radius 2 is 1.94 bits per heavy atom. The molecule has 0 radical (unpaired) electrons. The van der Waals surface area contributed by atoms with Gasteiger partial charge in [0, 0.05) is 16.0 Å². The van der Waals surface area contributed by atoms with Gasteiger partial charge >= 0.3 is 0 Å². The lowest BCUT2D eigenvalue weighted by Crippen LogP contribution is -2.02. The molecule has 0 aliphatic carbocycles. The molecule has 2 aromatic carbocycles. The normalized spacial score (nSPS) is 10.2. The summed E-state index contributed by atoms with van der Waals surface area (Å²) in [6.07, 6.45) is 0. The average molecular weight is 312 g/mol. The summed E-state index contributed by atoms with van der Waals surface area (Å²) in [4.78, 5) is 0. The molecule has 0 spiro atoms. The van der Waals surface area contributed by atoms with Gasteiger partial charge in [-0.3, -0.25) is 0 Å². The van der Waals surface area contributed by atoms with Gasteiger partial charge in [0.15, 0.2) is 0 Å². The third-order valence-electron chi connectivity index (χ3n) is 2.44. The van der Waals surface area contributed by atoms with Crippen LogP contribution >= 0.6 is 27.5 Å². The van der Waals surface area contributed by atoms with E-state index in [1.807, 2.05) is 30.3 Å². The van der Waals surface area contributed by atoms with Gasteiger partial charge in [-0.05, 0) is 29.8 Å². The monoisotopic (exact) mass is 310 g/mol. The second kappa shape index (κ2) is 5.43. The van der Waals surface area contributed by atoms with Crippen molar-refractivity contribution in [3.63, 3.8) is 0 Å². The lowest BCUT2D eigenvalue weighted by atomic mass is 10.2. The zero-order chi connectivity index (χ0) is 12.3.